The first-order valence-corrected chi connectivity index (χ1v) is 6.41. The number of benzene rings is 1. The summed E-state index contributed by atoms with van der Waals surface area (Å²) in [5.41, 5.74) is 2.12. The van der Waals surface area contributed by atoms with Gasteiger partial charge in [-0.15, -0.1) is 0 Å². The number of hydrogen-bond donors (Lipinski definition) is 2. The highest BCUT2D eigenvalue weighted by Gasteiger charge is 2.29. The lowest BCUT2D eigenvalue weighted by Gasteiger charge is -2.27. The molecule has 0 atom stereocenters. The predicted molar refractivity (Wildman–Crippen MR) is 73.8 cm³/mol. The molecule has 1 rings (SSSR count). The first-order chi connectivity index (χ1) is 8.62. The fraction of sp³-hybridized carbons (Fsp3) is 0.500. The topological polar surface area (TPSA) is 66.8 Å². The van der Waals surface area contributed by atoms with Gasteiger partial charge < -0.3 is 14.6 Å². The fourth-order valence-electron chi connectivity index (χ4n) is 2.36. The maximum atomic E-state index is 11.5. The van der Waals surface area contributed by atoms with E-state index < -0.39 is 5.97 Å². The van der Waals surface area contributed by atoms with Crippen LogP contribution in [0.1, 0.15) is 53.4 Å². The summed E-state index contributed by atoms with van der Waals surface area (Å²) in [6, 6.07) is 0. The Morgan fingerprint density at radius 2 is 1.79 bits per heavy atom. The second-order valence-electron chi connectivity index (χ2n) is 5.67. The number of carbonyl (C=O) groups is 1. The first-order valence-electron chi connectivity index (χ1n) is 6.00. The van der Waals surface area contributed by atoms with Crippen LogP contribution in [0.5, 0.6) is 5.75 Å². The van der Waals surface area contributed by atoms with Crippen molar-refractivity contribution < 1.29 is 19.4 Å². The fourth-order valence-corrected chi connectivity index (χ4v) is 2.51. The van der Waals surface area contributed by atoms with Crippen LogP contribution in [-0.4, -0.2) is 26.7 Å². The Hall–Kier alpha value is -1.33. The molecule has 0 aliphatic rings. The van der Waals surface area contributed by atoms with E-state index in [0.717, 1.165) is 0 Å². The van der Waals surface area contributed by atoms with Crippen molar-refractivity contribution in [3.8, 4) is 5.75 Å². The molecule has 5 heteroatoms. The lowest BCUT2D eigenvalue weighted by atomic mass is 9.78. The van der Waals surface area contributed by atoms with Gasteiger partial charge in [0.15, 0.2) is 0 Å². The lowest BCUT2D eigenvalue weighted by molar-refractivity contribution is 0.0693. The smallest absolute Gasteiger partial charge is 0.336 e. The summed E-state index contributed by atoms with van der Waals surface area (Å²) in [5.74, 6) is -0.862. The van der Waals surface area contributed by atoms with E-state index in [-0.39, 0.29) is 23.3 Å². The Morgan fingerprint density at radius 1 is 1.26 bits per heavy atom. The first kappa shape index (κ1) is 15.7. The number of aromatic carboxylic acids is 1. The minimum Gasteiger partial charge on any atom is -0.507 e. The van der Waals surface area contributed by atoms with Crippen molar-refractivity contribution in [3.63, 3.8) is 0 Å². The van der Waals surface area contributed by atoms with Gasteiger partial charge in [-0.25, -0.2) is 4.79 Å². The van der Waals surface area contributed by atoms with E-state index in [1.807, 2.05) is 20.8 Å². The standard InChI is InChI=1S/C14H19O4Si/c1-7-8(2)12(15)11(14(3,4)5)9(6-18-19)10(7)13(16)17/h15H,6H2,1-5H3,(H,16,17). The third-order valence-corrected chi connectivity index (χ3v) is 3.46. The molecule has 0 saturated carbocycles. The number of phenols is 1. The van der Waals surface area contributed by atoms with E-state index in [4.69, 9.17) is 4.43 Å². The largest absolute Gasteiger partial charge is 0.507 e. The van der Waals surface area contributed by atoms with Crippen LogP contribution in [0.15, 0.2) is 0 Å². The number of phenolic OH excluding ortho intramolecular Hbond substituents is 1. The van der Waals surface area contributed by atoms with Gasteiger partial charge in [-0.05, 0) is 36.0 Å². The van der Waals surface area contributed by atoms with Crippen molar-refractivity contribution in [2.45, 2.75) is 46.6 Å². The van der Waals surface area contributed by atoms with E-state index in [1.165, 1.54) is 0 Å². The van der Waals surface area contributed by atoms with Crippen molar-refractivity contribution >= 4 is 16.5 Å². The number of rotatable bonds is 3. The normalized spacial score (nSPS) is 11.7. The van der Waals surface area contributed by atoms with Crippen LogP contribution in [0, 0.1) is 13.8 Å². The summed E-state index contributed by atoms with van der Waals surface area (Å²) in [5, 5.41) is 19.8. The highest BCUT2D eigenvalue weighted by Crippen LogP contribution is 2.40. The molecule has 0 fully saturated rings. The second kappa shape index (κ2) is 5.34. The number of aromatic hydroxyl groups is 1. The van der Waals surface area contributed by atoms with Crippen molar-refractivity contribution in [3.05, 3.63) is 27.8 Å². The second-order valence-corrected chi connectivity index (χ2v) is 5.96. The SMILES string of the molecule is Cc1c(C)c(C(=O)O)c(CO[Si])c(C(C)(C)C)c1O. The average molecular weight is 279 g/mol. The van der Waals surface area contributed by atoms with Crippen LogP contribution in [0.4, 0.5) is 0 Å². The molecule has 0 aliphatic heterocycles. The van der Waals surface area contributed by atoms with Gasteiger partial charge in [-0.2, -0.15) is 0 Å². The number of hydrogen-bond acceptors (Lipinski definition) is 3. The monoisotopic (exact) mass is 279 g/mol. The van der Waals surface area contributed by atoms with Crippen LogP contribution < -0.4 is 0 Å². The van der Waals surface area contributed by atoms with Gasteiger partial charge in [0.1, 0.15) is 5.75 Å². The highest BCUT2D eigenvalue weighted by molar-refractivity contribution is 5.98. The maximum Gasteiger partial charge on any atom is 0.336 e. The summed E-state index contributed by atoms with van der Waals surface area (Å²) in [7, 11) is 2.91. The Balaban J connectivity index is 3.84. The van der Waals surface area contributed by atoms with E-state index in [2.05, 4.69) is 10.5 Å². The zero-order valence-electron chi connectivity index (χ0n) is 11.9. The zero-order valence-corrected chi connectivity index (χ0v) is 12.9. The van der Waals surface area contributed by atoms with Gasteiger partial charge in [-0.3, -0.25) is 0 Å². The summed E-state index contributed by atoms with van der Waals surface area (Å²) < 4.78 is 4.94. The number of carboxylic acid groups (broad SMARTS) is 1. The van der Waals surface area contributed by atoms with Crippen LogP contribution in [-0.2, 0) is 16.4 Å². The van der Waals surface area contributed by atoms with E-state index in [0.29, 0.717) is 22.3 Å². The minimum atomic E-state index is -1.01. The van der Waals surface area contributed by atoms with E-state index >= 15 is 0 Å². The van der Waals surface area contributed by atoms with Crippen molar-refractivity contribution in [2.24, 2.45) is 0 Å². The van der Waals surface area contributed by atoms with Crippen molar-refractivity contribution in [1.82, 2.24) is 0 Å². The molecule has 2 N–H and O–H groups in total. The molecule has 0 unspecified atom stereocenters. The molecule has 0 bridgehead atoms. The molecule has 1 aromatic carbocycles. The quantitative estimate of drug-likeness (QED) is 0.835. The average Bonchev–Trinajstić information content (AvgIpc) is 2.24. The molecular formula is C14H19O4Si. The molecule has 0 amide bonds. The van der Waals surface area contributed by atoms with Crippen molar-refractivity contribution in [2.75, 3.05) is 0 Å². The molecule has 0 spiro atoms. The Bertz CT molecular complexity index is 515. The molecule has 103 valence electrons. The summed E-state index contributed by atoms with van der Waals surface area (Å²) >= 11 is 0. The van der Waals surface area contributed by atoms with Gasteiger partial charge in [-0.1, -0.05) is 20.8 Å². The molecule has 0 heterocycles. The van der Waals surface area contributed by atoms with Crippen LogP contribution >= 0.6 is 0 Å². The van der Waals surface area contributed by atoms with Gasteiger partial charge in [0.2, 0.25) is 10.5 Å². The highest BCUT2D eigenvalue weighted by atomic mass is 28.2. The third kappa shape index (κ3) is 2.82. The molecular weight excluding hydrogens is 260 g/mol. The summed E-state index contributed by atoms with van der Waals surface area (Å²) in [6.45, 7) is 9.30. The third-order valence-electron chi connectivity index (χ3n) is 3.31. The van der Waals surface area contributed by atoms with E-state index in [9.17, 15) is 15.0 Å². The Kier molecular flexibility index (Phi) is 4.42. The maximum absolute atomic E-state index is 11.5. The lowest BCUT2D eigenvalue weighted by Crippen LogP contribution is -2.20. The molecule has 4 nitrogen and oxygen atoms in total. The van der Waals surface area contributed by atoms with E-state index in [1.54, 1.807) is 13.8 Å². The molecule has 3 radical (unpaired) electrons. The van der Waals surface area contributed by atoms with Crippen LogP contribution in [0.2, 0.25) is 0 Å². The zero-order chi connectivity index (χ0) is 15.0. The van der Waals surface area contributed by atoms with Crippen LogP contribution in [0.3, 0.4) is 0 Å². The van der Waals surface area contributed by atoms with Crippen LogP contribution in [0.25, 0.3) is 0 Å². The van der Waals surface area contributed by atoms with Gasteiger partial charge in [0, 0.05) is 5.56 Å². The van der Waals surface area contributed by atoms with Crippen molar-refractivity contribution in [1.29, 1.82) is 0 Å². The Morgan fingerprint density at radius 3 is 2.16 bits per heavy atom. The molecule has 19 heavy (non-hydrogen) atoms. The number of carboxylic acids is 1. The summed E-state index contributed by atoms with van der Waals surface area (Å²) in [6.07, 6.45) is 0. The van der Waals surface area contributed by atoms with Gasteiger partial charge in [0.05, 0.1) is 12.2 Å². The minimum absolute atomic E-state index is 0.0831. The molecule has 1 aromatic rings. The van der Waals surface area contributed by atoms with Gasteiger partial charge >= 0.3 is 5.97 Å². The molecule has 0 saturated heterocycles. The summed E-state index contributed by atoms with van der Waals surface area (Å²) in [4.78, 5) is 11.5. The molecule has 0 aromatic heterocycles. The Labute approximate surface area is 117 Å². The van der Waals surface area contributed by atoms with Gasteiger partial charge in [0.25, 0.3) is 0 Å². The predicted octanol–water partition coefficient (Wildman–Crippen LogP) is 2.60. The molecule has 0 aliphatic carbocycles.